The van der Waals surface area contributed by atoms with E-state index in [0.29, 0.717) is 27.7 Å². The molecular formula is C26H21BrFN3O2S. The molecule has 4 aromatic rings. The molecule has 0 saturated carbocycles. The highest BCUT2D eigenvalue weighted by molar-refractivity contribution is 9.10. The number of nitrogens with one attached hydrogen (secondary N) is 1. The summed E-state index contributed by atoms with van der Waals surface area (Å²) >= 11 is 9.20. The summed E-state index contributed by atoms with van der Waals surface area (Å²) in [5.41, 5.74) is 2.53. The number of halogens is 2. The predicted molar refractivity (Wildman–Crippen MR) is 137 cm³/mol. The van der Waals surface area contributed by atoms with Crippen LogP contribution in [-0.2, 0) is 0 Å². The number of thiocarbonyl (C=S) groups is 1. The average Bonchev–Trinajstić information content (AvgIpc) is 3.45. The summed E-state index contributed by atoms with van der Waals surface area (Å²) in [4.78, 5) is 6.60. The van der Waals surface area contributed by atoms with E-state index in [1.54, 1.807) is 12.3 Å². The van der Waals surface area contributed by atoms with Crippen LogP contribution in [0.2, 0.25) is 0 Å². The molecule has 1 fully saturated rings. The quantitative estimate of drug-likeness (QED) is 0.272. The average molecular weight is 538 g/mol. The van der Waals surface area contributed by atoms with Gasteiger partial charge in [-0.3, -0.25) is 4.98 Å². The smallest absolute Gasteiger partial charge is 0.174 e. The highest BCUT2D eigenvalue weighted by atomic mass is 79.9. The number of anilines is 1. The number of aromatic nitrogens is 1. The Balaban J connectivity index is 1.57. The third-order valence-corrected chi connectivity index (χ3v) is 6.61. The molecule has 1 saturated heterocycles. The standard InChI is InChI=1S/C26H21BrFN3O2S/c1-2-32-18-9-7-17(8-10-18)31-25(24(30-26(31)34)21-5-3-4-14-29-21)23-13-12-22(33-23)19-11-6-16(28)15-20(19)27/h3-15,24-25H,2H2,1H3,(H,30,34)/t24-,25-/m0/s1. The van der Waals surface area contributed by atoms with Crippen LogP contribution in [0.3, 0.4) is 0 Å². The molecule has 172 valence electrons. The molecule has 2 aromatic carbocycles. The van der Waals surface area contributed by atoms with Gasteiger partial charge in [0.25, 0.3) is 0 Å². The molecule has 0 radical (unpaired) electrons. The van der Waals surface area contributed by atoms with E-state index < -0.39 is 0 Å². The highest BCUT2D eigenvalue weighted by Gasteiger charge is 2.42. The van der Waals surface area contributed by atoms with Crippen molar-refractivity contribution in [2.45, 2.75) is 19.0 Å². The van der Waals surface area contributed by atoms with Crippen LogP contribution in [0, 0.1) is 5.82 Å². The second-order valence-electron chi connectivity index (χ2n) is 7.75. The Morgan fingerprint density at radius 3 is 2.65 bits per heavy atom. The second kappa shape index (κ2) is 9.56. The van der Waals surface area contributed by atoms with Gasteiger partial charge in [0, 0.05) is 21.9 Å². The zero-order valence-electron chi connectivity index (χ0n) is 18.2. The van der Waals surface area contributed by atoms with E-state index >= 15 is 0 Å². The van der Waals surface area contributed by atoms with Crippen molar-refractivity contribution < 1.29 is 13.5 Å². The van der Waals surface area contributed by atoms with Crippen LogP contribution in [0.1, 0.15) is 30.5 Å². The maximum Gasteiger partial charge on any atom is 0.174 e. The Labute approximate surface area is 210 Å². The van der Waals surface area contributed by atoms with Gasteiger partial charge in [0.2, 0.25) is 0 Å². The van der Waals surface area contributed by atoms with Gasteiger partial charge < -0.3 is 19.4 Å². The van der Waals surface area contributed by atoms with Crippen LogP contribution in [0.25, 0.3) is 11.3 Å². The van der Waals surface area contributed by atoms with Gasteiger partial charge in [0.15, 0.2) is 5.11 Å². The lowest BCUT2D eigenvalue weighted by molar-refractivity contribution is 0.340. The van der Waals surface area contributed by atoms with Crippen molar-refractivity contribution in [3.05, 3.63) is 101 Å². The molecular weight excluding hydrogens is 517 g/mol. The molecule has 5 rings (SSSR count). The van der Waals surface area contributed by atoms with Gasteiger partial charge in [-0.05, 0) is 102 Å². The molecule has 5 nitrogen and oxygen atoms in total. The van der Waals surface area contributed by atoms with E-state index in [1.807, 2.05) is 66.4 Å². The SMILES string of the molecule is CCOc1ccc(N2C(=S)N[C@@H](c3ccccn3)[C@@H]2c2ccc(-c3ccc(F)cc3Br)o2)cc1. The number of furan rings is 1. The van der Waals surface area contributed by atoms with Crippen LogP contribution in [0.4, 0.5) is 10.1 Å². The molecule has 0 spiro atoms. The van der Waals surface area contributed by atoms with Crippen molar-refractivity contribution in [2.24, 2.45) is 0 Å². The molecule has 0 aliphatic carbocycles. The second-order valence-corrected chi connectivity index (χ2v) is 8.99. The summed E-state index contributed by atoms with van der Waals surface area (Å²) in [6.07, 6.45) is 1.76. The summed E-state index contributed by atoms with van der Waals surface area (Å²) in [5, 5.41) is 3.99. The van der Waals surface area contributed by atoms with Crippen molar-refractivity contribution in [3.8, 4) is 17.1 Å². The molecule has 0 amide bonds. The van der Waals surface area contributed by atoms with E-state index in [0.717, 1.165) is 22.7 Å². The fourth-order valence-electron chi connectivity index (χ4n) is 4.14. The molecule has 1 aliphatic rings. The van der Waals surface area contributed by atoms with Gasteiger partial charge in [-0.15, -0.1) is 0 Å². The van der Waals surface area contributed by atoms with Gasteiger partial charge in [0.1, 0.15) is 29.1 Å². The van der Waals surface area contributed by atoms with Crippen LogP contribution in [0.5, 0.6) is 5.75 Å². The first-order valence-corrected chi connectivity index (χ1v) is 12.0. The van der Waals surface area contributed by atoms with Crippen LogP contribution in [-0.4, -0.2) is 16.7 Å². The van der Waals surface area contributed by atoms with Gasteiger partial charge in [-0.25, -0.2) is 4.39 Å². The predicted octanol–water partition coefficient (Wildman–Crippen LogP) is 6.82. The zero-order chi connectivity index (χ0) is 23.7. The lowest BCUT2D eigenvalue weighted by Gasteiger charge is -2.26. The fraction of sp³-hybridized carbons (Fsp3) is 0.154. The topological polar surface area (TPSA) is 50.5 Å². The summed E-state index contributed by atoms with van der Waals surface area (Å²) in [5.74, 6) is 1.82. The fourth-order valence-corrected chi connectivity index (χ4v) is 5.03. The Hall–Kier alpha value is -3.23. The highest BCUT2D eigenvalue weighted by Crippen LogP contribution is 2.43. The van der Waals surface area contributed by atoms with Crippen molar-refractivity contribution in [1.29, 1.82) is 0 Å². The molecule has 0 unspecified atom stereocenters. The zero-order valence-corrected chi connectivity index (χ0v) is 20.6. The van der Waals surface area contributed by atoms with E-state index in [2.05, 4.69) is 26.2 Å². The number of ether oxygens (including phenoxy) is 1. The lowest BCUT2D eigenvalue weighted by atomic mass is 10.0. The normalized spacial score (nSPS) is 17.6. The van der Waals surface area contributed by atoms with Crippen LogP contribution >= 0.6 is 28.1 Å². The van der Waals surface area contributed by atoms with Crippen LogP contribution < -0.4 is 15.0 Å². The van der Waals surface area contributed by atoms with Crippen molar-refractivity contribution in [1.82, 2.24) is 10.3 Å². The number of rotatable bonds is 6. The maximum atomic E-state index is 13.6. The van der Waals surface area contributed by atoms with Gasteiger partial charge in [0.05, 0.1) is 18.3 Å². The third kappa shape index (κ3) is 4.31. The molecule has 1 aliphatic heterocycles. The largest absolute Gasteiger partial charge is 0.494 e. The number of benzene rings is 2. The molecule has 3 heterocycles. The number of pyridine rings is 1. The maximum absolute atomic E-state index is 13.6. The summed E-state index contributed by atoms with van der Waals surface area (Å²) in [6.45, 7) is 2.55. The Bertz CT molecular complexity index is 1310. The summed E-state index contributed by atoms with van der Waals surface area (Å²) < 4.78 is 26.2. The first-order chi connectivity index (χ1) is 16.5. The van der Waals surface area contributed by atoms with E-state index in [1.165, 1.54) is 12.1 Å². The molecule has 2 aromatic heterocycles. The number of nitrogens with zero attached hydrogens (tertiary/aromatic N) is 2. The van der Waals surface area contributed by atoms with Gasteiger partial charge in [-0.1, -0.05) is 6.07 Å². The first kappa shape index (κ1) is 22.6. The number of hydrogen-bond donors (Lipinski definition) is 1. The van der Waals surface area contributed by atoms with E-state index in [-0.39, 0.29) is 17.9 Å². The van der Waals surface area contributed by atoms with Gasteiger partial charge in [-0.2, -0.15) is 0 Å². The minimum absolute atomic E-state index is 0.226. The van der Waals surface area contributed by atoms with Gasteiger partial charge >= 0.3 is 0 Å². The lowest BCUT2D eigenvalue weighted by Crippen LogP contribution is -2.29. The van der Waals surface area contributed by atoms with Crippen LogP contribution in [0.15, 0.2) is 87.9 Å². The Morgan fingerprint density at radius 2 is 1.94 bits per heavy atom. The van der Waals surface area contributed by atoms with Crippen molar-refractivity contribution in [2.75, 3.05) is 11.5 Å². The molecule has 34 heavy (non-hydrogen) atoms. The Kier molecular flexibility index (Phi) is 6.34. The summed E-state index contributed by atoms with van der Waals surface area (Å²) in [7, 11) is 0. The molecule has 2 atom stereocenters. The third-order valence-electron chi connectivity index (χ3n) is 5.64. The molecule has 0 bridgehead atoms. The minimum Gasteiger partial charge on any atom is -0.494 e. The van der Waals surface area contributed by atoms with E-state index in [9.17, 15) is 4.39 Å². The monoisotopic (exact) mass is 537 g/mol. The van der Waals surface area contributed by atoms with Crippen molar-refractivity contribution >= 4 is 38.9 Å². The summed E-state index contributed by atoms with van der Waals surface area (Å²) in [6, 6.07) is 21.5. The number of hydrogen-bond acceptors (Lipinski definition) is 4. The Morgan fingerprint density at radius 1 is 1.12 bits per heavy atom. The van der Waals surface area contributed by atoms with Crippen molar-refractivity contribution in [3.63, 3.8) is 0 Å². The van der Waals surface area contributed by atoms with E-state index in [4.69, 9.17) is 21.4 Å². The molecule has 8 heteroatoms. The first-order valence-electron chi connectivity index (χ1n) is 10.8. The minimum atomic E-state index is -0.315. The molecule has 1 N–H and O–H groups in total.